The molecule has 2 rings (SSSR count). The normalized spacial score (nSPS) is 11.6. The summed E-state index contributed by atoms with van der Waals surface area (Å²) in [6.07, 6.45) is -3.08. The molecule has 0 atom stereocenters. The molecule has 0 spiro atoms. The number of aromatic carboxylic acids is 1. The van der Waals surface area contributed by atoms with Crippen LogP contribution in [0.25, 0.3) is 5.69 Å². The first kappa shape index (κ1) is 13.5. The van der Waals surface area contributed by atoms with Crippen LogP contribution in [0, 0.1) is 0 Å². The van der Waals surface area contributed by atoms with Crippen LogP contribution in [-0.2, 0) is 6.18 Å². The largest absolute Gasteiger partial charge is 0.477 e. The molecule has 1 aromatic heterocycles. The van der Waals surface area contributed by atoms with E-state index in [0.717, 1.165) is 18.2 Å². The number of hydrogen-bond donors (Lipinski definition) is 1. The van der Waals surface area contributed by atoms with E-state index in [-0.39, 0.29) is 16.4 Å². The Bertz CT molecular complexity index is 634. The number of benzene rings is 1. The summed E-state index contributed by atoms with van der Waals surface area (Å²) in [4.78, 5) is 10.9. The van der Waals surface area contributed by atoms with Crippen molar-refractivity contribution in [1.29, 1.82) is 0 Å². The third-order valence-corrected chi connectivity index (χ3v) is 2.81. The van der Waals surface area contributed by atoms with Crippen LogP contribution in [-0.4, -0.2) is 15.6 Å². The van der Waals surface area contributed by atoms with E-state index in [2.05, 4.69) is 0 Å². The van der Waals surface area contributed by atoms with E-state index in [1.54, 1.807) is 0 Å². The van der Waals surface area contributed by atoms with Crippen molar-refractivity contribution in [2.45, 2.75) is 6.18 Å². The number of aromatic nitrogens is 1. The van der Waals surface area contributed by atoms with Crippen molar-refractivity contribution in [2.24, 2.45) is 0 Å². The lowest BCUT2D eigenvalue weighted by molar-refractivity contribution is -0.137. The van der Waals surface area contributed by atoms with E-state index in [1.165, 1.54) is 22.9 Å². The zero-order valence-electron chi connectivity index (χ0n) is 9.28. The number of carboxylic acids is 1. The van der Waals surface area contributed by atoms with Gasteiger partial charge in [0.05, 0.1) is 16.3 Å². The van der Waals surface area contributed by atoms with Crippen LogP contribution in [0.15, 0.2) is 36.5 Å². The molecule has 2 aromatic rings. The lowest BCUT2D eigenvalue weighted by Gasteiger charge is -2.12. The van der Waals surface area contributed by atoms with Gasteiger partial charge < -0.3 is 9.67 Å². The van der Waals surface area contributed by atoms with Crippen LogP contribution < -0.4 is 0 Å². The van der Waals surface area contributed by atoms with Gasteiger partial charge in [-0.25, -0.2) is 4.79 Å². The molecule has 1 aromatic carbocycles. The standard InChI is InChI=1S/C12H7ClF3NO2/c13-8-6-7(12(14,15)16)3-4-9(8)17-5-1-2-10(17)11(18)19/h1-6H,(H,18,19). The fourth-order valence-corrected chi connectivity index (χ4v) is 1.92. The molecule has 0 fully saturated rings. The predicted molar refractivity (Wildman–Crippen MR) is 62.7 cm³/mol. The molecule has 0 saturated carbocycles. The number of rotatable bonds is 2. The molecule has 0 saturated heterocycles. The minimum atomic E-state index is -4.49. The molecular weight excluding hydrogens is 283 g/mol. The topological polar surface area (TPSA) is 42.2 Å². The molecule has 0 aliphatic carbocycles. The Balaban J connectivity index is 2.53. The van der Waals surface area contributed by atoms with Crippen LogP contribution >= 0.6 is 11.6 Å². The molecule has 1 N–H and O–H groups in total. The summed E-state index contributed by atoms with van der Waals surface area (Å²) in [5.74, 6) is -1.19. The van der Waals surface area contributed by atoms with Gasteiger partial charge in [-0.3, -0.25) is 0 Å². The Labute approximate surface area is 110 Å². The molecule has 19 heavy (non-hydrogen) atoms. The Morgan fingerprint density at radius 1 is 1.26 bits per heavy atom. The van der Waals surface area contributed by atoms with Crippen molar-refractivity contribution < 1.29 is 23.1 Å². The van der Waals surface area contributed by atoms with E-state index in [9.17, 15) is 18.0 Å². The van der Waals surface area contributed by atoms with Crippen molar-refractivity contribution in [2.75, 3.05) is 0 Å². The zero-order valence-corrected chi connectivity index (χ0v) is 10.0. The highest BCUT2D eigenvalue weighted by atomic mass is 35.5. The van der Waals surface area contributed by atoms with E-state index >= 15 is 0 Å². The van der Waals surface area contributed by atoms with Gasteiger partial charge in [0.1, 0.15) is 5.69 Å². The lowest BCUT2D eigenvalue weighted by Crippen LogP contribution is -2.08. The quantitative estimate of drug-likeness (QED) is 0.912. The minimum Gasteiger partial charge on any atom is -0.477 e. The number of carboxylic acid groups (broad SMARTS) is 1. The summed E-state index contributed by atoms with van der Waals surface area (Å²) in [6, 6.07) is 5.56. The highest BCUT2D eigenvalue weighted by molar-refractivity contribution is 6.32. The molecule has 0 bridgehead atoms. The first-order valence-corrected chi connectivity index (χ1v) is 5.46. The molecule has 0 unspecified atom stereocenters. The average Bonchev–Trinajstić information content (AvgIpc) is 2.76. The zero-order chi connectivity index (χ0) is 14.2. The summed E-state index contributed by atoms with van der Waals surface area (Å²) < 4.78 is 38.7. The SMILES string of the molecule is O=C(O)c1cccn1-c1ccc(C(F)(F)F)cc1Cl. The van der Waals surface area contributed by atoms with Crippen molar-refractivity contribution in [3.8, 4) is 5.69 Å². The van der Waals surface area contributed by atoms with E-state index in [0.29, 0.717) is 0 Å². The van der Waals surface area contributed by atoms with Gasteiger partial charge >= 0.3 is 12.1 Å². The van der Waals surface area contributed by atoms with E-state index in [4.69, 9.17) is 16.7 Å². The average molecular weight is 290 g/mol. The van der Waals surface area contributed by atoms with Gasteiger partial charge in [0, 0.05) is 6.20 Å². The highest BCUT2D eigenvalue weighted by Gasteiger charge is 2.31. The van der Waals surface area contributed by atoms with Crippen LogP contribution in [0.3, 0.4) is 0 Å². The number of carbonyl (C=O) groups is 1. The number of nitrogens with zero attached hydrogens (tertiary/aromatic N) is 1. The van der Waals surface area contributed by atoms with Gasteiger partial charge in [-0.05, 0) is 30.3 Å². The van der Waals surface area contributed by atoms with Gasteiger partial charge in [0.25, 0.3) is 0 Å². The first-order valence-electron chi connectivity index (χ1n) is 5.08. The maximum absolute atomic E-state index is 12.5. The maximum atomic E-state index is 12.5. The summed E-state index contributed by atoms with van der Waals surface area (Å²) in [5, 5.41) is 8.77. The predicted octanol–water partition coefficient (Wildman–Crippen LogP) is 3.85. The van der Waals surface area contributed by atoms with Gasteiger partial charge in [0.2, 0.25) is 0 Å². The van der Waals surface area contributed by atoms with Crippen LogP contribution in [0.5, 0.6) is 0 Å². The second-order valence-electron chi connectivity index (χ2n) is 3.73. The van der Waals surface area contributed by atoms with Crippen molar-refractivity contribution in [3.63, 3.8) is 0 Å². The third kappa shape index (κ3) is 2.58. The van der Waals surface area contributed by atoms with Gasteiger partial charge in [0.15, 0.2) is 0 Å². The molecule has 1 heterocycles. The van der Waals surface area contributed by atoms with Crippen LogP contribution in [0.1, 0.15) is 16.1 Å². The molecule has 0 aliphatic rings. The number of hydrogen-bond acceptors (Lipinski definition) is 1. The first-order chi connectivity index (χ1) is 8.80. The fraction of sp³-hybridized carbons (Fsp3) is 0.0833. The summed E-state index contributed by atoms with van der Waals surface area (Å²) >= 11 is 5.79. The second kappa shape index (κ2) is 4.62. The maximum Gasteiger partial charge on any atom is 0.416 e. The van der Waals surface area contributed by atoms with Gasteiger partial charge in [-0.15, -0.1) is 0 Å². The number of halogens is 4. The minimum absolute atomic E-state index is 0.0818. The Morgan fingerprint density at radius 3 is 2.47 bits per heavy atom. The molecular formula is C12H7ClF3NO2. The van der Waals surface area contributed by atoms with E-state index < -0.39 is 17.7 Å². The van der Waals surface area contributed by atoms with Crippen LogP contribution in [0.2, 0.25) is 5.02 Å². The summed E-state index contributed by atoms with van der Waals surface area (Å²) in [5.41, 5.74) is -0.788. The van der Waals surface area contributed by atoms with E-state index in [1.807, 2.05) is 0 Å². The van der Waals surface area contributed by atoms with Crippen molar-refractivity contribution in [1.82, 2.24) is 4.57 Å². The summed E-state index contributed by atoms with van der Waals surface area (Å²) in [7, 11) is 0. The monoisotopic (exact) mass is 289 g/mol. The van der Waals surface area contributed by atoms with Crippen molar-refractivity contribution in [3.05, 3.63) is 52.8 Å². The van der Waals surface area contributed by atoms with Gasteiger partial charge in [-0.1, -0.05) is 11.6 Å². The molecule has 100 valence electrons. The smallest absolute Gasteiger partial charge is 0.416 e. The second-order valence-corrected chi connectivity index (χ2v) is 4.14. The lowest BCUT2D eigenvalue weighted by atomic mass is 10.2. The van der Waals surface area contributed by atoms with Crippen molar-refractivity contribution >= 4 is 17.6 Å². The number of alkyl halides is 3. The summed E-state index contributed by atoms with van der Waals surface area (Å²) in [6.45, 7) is 0. The van der Waals surface area contributed by atoms with Crippen LogP contribution in [0.4, 0.5) is 13.2 Å². The fourth-order valence-electron chi connectivity index (χ4n) is 1.64. The highest BCUT2D eigenvalue weighted by Crippen LogP contribution is 2.33. The molecule has 7 heteroatoms. The molecule has 0 aliphatic heterocycles. The third-order valence-electron chi connectivity index (χ3n) is 2.50. The Kier molecular flexibility index (Phi) is 3.28. The van der Waals surface area contributed by atoms with Gasteiger partial charge in [-0.2, -0.15) is 13.2 Å². The molecule has 0 amide bonds. The Morgan fingerprint density at radius 2 is 1.95 bits per heavy atom. The molecule has 3 nitrogen and oxygen atoms in total. The molecule has 0 radical (unpaired) electrons. The Hall–Kier alpha value is -1.95.